The Bertz CT molecular complexity index is 2070. The normalized spacial score (nSPS) is 11.7. The first-order valence-corrected chi connectivity index (χ1v) is 13.8. The molecule has 0 atom stereocenters. The van der Waals surface area contributed by atoms with E-state index >= 15 is 0 Å². The van der Waals surface area contributed by atoms with Crippen molar-refractivity contribution in [3.05, 3.63) is 140 Å². The van der Waals surface area contributed by atoms with Crippen molar-refractivity contribution in [2.24, 2.45) is 0 Å². The van der Waals surface area contributed by atoms with Crippen molar-refractivity contribution < 1.29 is 0 Å². The molecule has 2 heteroatoms. The molecule has 0 saturated heterocycles. The van der Waals surface area contributed by atoms with Crippen molar-refractivity contribution in [2.75, 3.05) is 0 Å². The number of hydrogen-bond acceptors (Lipinski definition) is 1. The number of nitrogens with zero attached hydrogens (tertiary/aromatic N) is 1. The van der Waals surface area contributed by atoms with E-state index in [2.05, 4.69) is 144 Å². The number of aromatic nitrogens is 1. The van der Waals surface area contributed by atoms with Crippen molar-refractivity contribution in [3.63, 3.8) is 0 Å². The largest absolute Gasteiger partial charge is 0.309 e. The maximum Gasteiger partial charge on any atom is 0.0541 e. The molecule has 0 radical (unpaired) electrons. The van der Waals surface area contributed by atoms with Crippen LogP contribution < -0.4 is 0 Å². The van der Waals surface area contributed by atoms with E-state index < -0.39 is 0 Å². The molecule has 0 bridgehead atoms. The van der Waals surface area contributed by atoms with Crippen molar-refractivity contribution in [2.45, 2.75) is 0 Å². The molecular weight excluding hydrogens is 478 g/mol. The molecule has 0 saturated carbocycles. The molecule has 8 rings (SSSR count). The lowest BCUT2D eigenvalue weighted by molar-refractivity contribution is 1.18. The van der Waals surface area contributed by atoms with Crippen LogP contribution in [0.2, 0.25) is 0 Å². The van der Waals surface area contributed by atoms with Crippen LogP contribution in [-0.2, 0) is 0 Å². The van der Waals surface area contributed by atoms with Crippen LogP contribution >= 0.6 is 11.3 Å². The smallest absolute Gasteiger partial charge is 0.0541 e. The minimum atomic E-state index is 1.18. The molecule has 0 spiro atoms. The van der Waals surface area contributed by atoms with Gasteiger partial charge in [-0.25, -0.2) is 0 Å². The number of hydrogen-bond donors (Lipinski definition) is 0. The number of fused-ring (bicyclic) bond motifs is 6. The fourth-order valence-electron chi connectivity index (χ4n) is 5.84. The minimum Gasteiger partial charge on any atom is -0.309 e. The van der Waals surface area contributed by atoms with Crippen LogP contribution in [0.5, 0.6) is 0 Å². The number of para-hydroxylation sites is 2. The van der Waals surface area contributed by atoms with E-state index in [9.17, 15) is 0 Å². The maximum atomic E-state index is 2.37. The molecular formula is C36H23NS. The van der Waals surface area contributed by atoms with Crippen molar-refractivity contribution >= 4 is 53.3 Å². The van der Waals surface area contributed by atoms with Crippen LogP contribution in [0.1, 0.15) is 0 Å². The molecule has 2 heterocycles. The van der Waals surface area contributed by atoms with Gasteiger partial charge in [0.05, 0.1) is 11.0 Å². The third-order valence-electron chi connectivity index (χ3n) is 7.62. The first-order chi connectivity index (χ1) is 18.8. The molecule has 178 valence electrons. The second-order valence-electron chi connectivity index (χ2n) is 9.78. The average Bonchev–Trinajstić information content (AvgIpc) is 3.53. The van der Waals surface area contributed by atoms with Crippen LogP contribution in [0.15, 0.2) is 140 Å². The van der Waals surface area contributed by atoms with Gasteiger partial charge in [-0.15, -0.1) is 11.3 Å². The SMILES string of the molecule is c1cc(-c2ccc(-n3c4ccccc4c4ccccc43)cc2)cc(-c2cccc3c2sc2ccccc23)c1. The maximum absolute atomic E-state index is 2.37. The third-order valence-corrected chi connectivity index (χ3v) is 8.84. The Balaban J connectivity index is 1.22. The molecule has 8 aromatic rings. The summed E-state index contributed by atoms with van der Waals surface area (Å²) in [5.74, 6) is 0. The number of thiophene rings is 1. The highest BCUT2D eigenvalue weighted by Gasteiger charge is 2.13. The summed E-state index contributed by atoms with van der Waals surface area (Å²) in [5, 5.41) is 5.25. The summed E-state index contributed by atoms with van der Waals surface area (Å²) in [4.78, 5) is 0. The Kier molecular flexibility index (Phi) is 4.76. The molecule has 1 nitrogen and oxygen atoms in total. The number of benzene rings is 6. The quantitative estimate of drug-likeness (QED) is 0.227. The van der Waals surface area contributed by atoms with E-state index in [-0.39, 0.29) is 0 Å². The predicted octanol–water partition coefficient (Wildman–Crippen LogP) is 10.5. The van der Waals surface area contributed by atoms with Crippen LogP contribution in [0.25, 0.3) is 69.9 Å². The zero-order valence-electron chi connectivity index (χ0n) is 20.6. The summed E-state index contributed by atoms with van der Waals surface area (Å²) in [6.07, 6.45) is 0. The van der Waals surface area contributed by atoms with E-state index in [4.69, 9.17) is 0 Å². The third kappa shape index (κ3) is 3.24. The fraction of sp³-hybridized carbons (Fsp3) is 0. The molecule has 0 amide bonds. The molecule has 0 N–H and O–H groups in total. The lowest BCUT2D eigenvalue weighted by Gasteiger charge is -2.10. The lowest BCUT2D eigenvalue weighted by Crippen LogP contribution is -1.93. The van der Waals surface area contributed by atoms with Gasteiger partial charge in [0, 0.05) is 36.6 Å². The number of rotatable bonds is 3. The van der Waals surface area contributed by atoms with Crippen molar-refractivity contribution in [1.29, 1.82) is 0 Å². The van der Waals surface area contributed by atoms with E-state index in [1.54, 1.807) is 0 Å². The van der Waals surface area contributed by atoms with Crippen LogP contribution in [0, 0.1) is 0 Å². The second kappa shape index (κ2) is 8.44. The van der Waals surface area contributed by atoms with Crippen LogP contribution in [0.3, 0.4) is 0 Å². The second-order valence-corrected chi connectivity index (χ2v) is 10.8. The summed E-state index contributed by atoms with van der Waals surface area (Å²) in [6, 6.07) is 50.6. The van der Waals surface area contributed by atoms with E-state index in [0.717, 1.165) is 0 Å². The highest BCUT2D eigenvalue weighted by molar-refractivity contribution is 7.26. The molecule has 6 aromatic carbocycles. The van der Waals surface area contributed by atoms with E-state index in [1.807, 2.05) is 11.3 Å². The molecule has 0 aliphatic carbocycles. The fourth-order valence-corrected chi connectivity index (χ4v) is 7.08. The van der Waals surface area contributed by atoms with Gasteiger partial charge in [-0.05, 0) is 58.7 Å². The monoisotopic (exact) mass is 501 g/mol. The van der Waals surface area contributed by atoms with Gasteiger partial charge in [-0.2, -0.15) is 0 Å². The van der Waals surface area contributed by atoms with Gasteiger partial charge in [0.25, 0.3) is 0 Å². The van der Waals surface area contributed by atoms with Gasteiger partial charge in [0.2, 0.25) is 0 Å². The summed E-state index contributed by atoms with van der Waals surface area (Å²) in [5.41, 5.74) is 8.66. The Morgan fingerprint density at radius 2 is 1.03 bits per heavy atom. The zero-order valence-corrected chi connectivity index (χ0v) is 21.5. The van der Waals surface area contributed by atoms with Gasteiger partial charge < -0.3 is 4.57 Å². The first kappa shape index (κ1) is 21.4. The van der Waals surface area contributed by atoms with E-state index in [0.29, 0.717) is 0 Å². The Labute approximate surface area is 224 Å². The summed E-state index contributed by atoms with van der Waals surface area (Å²) in [7, 11) is 0. The molecule has 0 fully saturated rings. The van der Waals surface area contributed by atoms with Gasteiger partial charge in [-0.1, -0.05) is 103 Å². The van der Waals surface area contributed by atoms with Gasteiger partial charge in [0.15, 0.2) is 0 Å². The predicted molar refractivity (Wildman–Crippen MR) is 165 cm³/mol. The van der Waals surface area contributed by atoms with Crippen LogP contribution in [-0.4, -0.2) is 4.57 Å². The van der Waals surface area contributed by atoms with Gasteiger partial charge in [0.1, 0.15) is 0 Å². The summed E-state index contributed by atoms with van der Waals surface area (Å²) < 4.78 is 5.06. The first-order valence-electron chi connectivity index (χ1n) is 12.9. The van der Waals surface area contributed by atoms with Gasteiger partial charge in [-0.3, -0.25) is 0 Å². The Hall–Kier alpha value is -4.66. The zero-order chi connectivity index (χ0) is 25.1. The average molecular weight is 502 g/mol. The van der Waals surface area contributed by atoms with E-state index in [1.165, 1.54) is 69.9 Å². The lowest BCUT2D eigenvalue weighted by atomic mass is 9.98. The van der Waals surface area contributed by atoms with Crippen molar-refractivity contribution in [3.8, 4) is 27.9 Å². The summed E-state index contributed by atoms with van der Waals surface area (Å²) >= 11 is 1.88. The molecule has 0 unspecified atom stereocenters. The minimum absolute atomic E-state index is 1.18. The van der Waals surface area contributed by atoms with Crippen LogP contribution in [0.4, 0.5) is 0 Å². The Morgan fingerprint density at radius 1 is 0.421 bits per heavy atom. The standard InChI is InChI=1S/C36H23NS/c1-4-16-33-29(11-1)30-12-2-5-17-34(30)37(33)27-21-19-24(20-22-27)25-9-7-10-26(23-25)28-14-8-15-32-31-13-3-6-18-35(31)38-36(28)32/h1-23H. The summed E-state index contributed by atoms with van der Waals surface area (Å²) in [6.45, 7) is 0. The molecule has 0 aliphatic heterocycles. The van der Waals surface area contributed by atoms with Gasteiger partial charge >= 0.3 is 0 Å². The molecule has 2 aromatic heterocycles. The topological polar surface area (TPSA) is 4.93 Å². The Morgan fingerprint density at radius 3 is 1.79 bits per heavy atom. The van der Waals surface area contributed by atoms with Crippen molar-refractivity contribution in [1.82, 2.24) is 4.57 Å². The molecule has 0 aliphatic rings. The highest BCUT2D eigenvalue weighted by atomic mass is 32.1. The molecule has 38 heavy (non-hydrogen) atoms. The highest BCUT2D eigenvalue weighted by Crippen LogP contribution is 2.40.